The third-order valence-electron chi connectivity index (χ3n) is 6.16. The van der Waals surface area contributed by atoms with Crippen LogP contribution in [0.25, 0.3) is 0 Å². The summed E-state index contributed by atoms with van der Waals surface area (Å²) in [5.41, 5.74) is 0.0639. The Morgan fingerprint density at radius 3 is 2.20 bits per heavy atom. The molecule has 1 saturated heterocycles. The van der Waals surface area contributed by atoms with E-state index in [1.807, 2.05) is 0 Å². The lowest BCUT2D eigenvalue weighted by Gasteiger charge is -2.33. The number of pyridine rings is 1. The van der Waals surface area contributed by atoms with Crippen molar-refractivity contribution < 1.29 is 22.4 Å². The number of carbonyl (C=O) groups excluding carboxylic acids is 1. The summed E-state index contributed by atoms with van der Waals surface area (Å²) in [7, 11) is 1.47. The molecule has 0 spiro atoms. The number of benzene rings is 2. The van der Waals surface area contributed by atoms with E-state index in [2.05, 4.69) is 5.32 Å². The van der Waals surface area contributed by atoms with E-state index in [9.17, 15) is 27.2 Å². The summed E-state index contributed by atoms with van der Waals surface area (Å²) in [6.07, 6.45) is -1.76. The van der Waals surface area contributed by atoms with Gasteiger partial charge < -0.3 is 14.8 Å². The van der Waals surface area contributed by atoms with E-state index in [4.69, 9.17) is 11.6 Å². The van der Waals surface area contributed by atoms with Gasteiger partial charge in [-0.2, -0.15) is 13.2 Å². The first-order valence-corrected chi connectivity index (χ1v) is 11.3. The van der Waals surface area contributed by atoms with Gasteiger partial charge in [-0.25, -0.2) is 4.39 Å². The first-order chi connectivity index (χ1) is 16.5. The fourth-order valence-corrected chi connectivity index (χ4v) is 4.47. The topological polar surface area (TPSA) is 54.3 Å². The Bertz CT molecular complexity index is 1280. The molecule has 1 aliphatic heterocycles. The zero-order valence-electron chi connectivity index (χ0n) is 18.7. The van der Waals surface area contributed by atoms with Crippen LogP contribution in [0.5, 0.6) is 0 Å². The quantitative estimate of drug-likeness (QED) is 0.443. The fourth-order valence-electron chi connectivity index (χ4n) is 4.19. The van der Waals surface area contributed by atoms with E-state index in [-0.39, 0.29) is 39.6 Å². The van der Waals surface area contributed by atoms with Crippen molar-refractivity contribution in [2.75, 3.05) is 18.4 Å². The van der Waals surface area contributed by atoms with Crippen LogP contribution >= 0.6 is 11.6 Å². The van der Waals surface area contributed by atoms with Crippen LogP contribution in [0.4, 0.5) is 28.9 Å². The highest BCUT2D eigenvalue weighted by molar-refractivity contribution is 6.34. The van der Waals surface area contributed by atoms with Gasteiger partial charge in [0.15, 0.2) is 0 Å². The number of carbonyl (C=O) groups is 1. The van der Waals surface area contributed by atoms with Crippen LogP contribution in [-0.2, 0) is 13.2 Å². The highest BCUT2D eigenvalue weighted by atomic mass is 35.5. The average Bonchev–Trinajstić information content (AvgIpc) is 2.84. The molecule has 2 heterocycles. The molecule has 1 aliphatic rings. The van der Waals surface area contributed by atoms with Gasteiger partial charge in [0.25, 0.3) is 11.5 Å². The van der Waals surface area contributed by atoms with Crippen LogP contribution in [0.1, 0.15) is 40.2 Å². The molecule has 0 bridgehead atoms. The number of hydrogen-bond donors (Lipinski definition) is 1. The Labute approximate surface area is 203 Å². The van der Waals surface area contributed by atoms with Gasteiger partial charge in [-0.1, -0.05) is 23.7 Å². The van der Waals surface area contributed by atoms with Gasteiger partial charge in [-0.05, 0) is 60.7 Å². The minimum absolute atomic E-state index is 0.0418. The molecule has 35 heavy (non-hydrogen) atoms. The number of likely N-dealkylation sites (tertiary alicyclic amines) is 1. The third-order valence-corrected chi connectivity index (χ3v) is 6.51. The number of nitrogens with zero attached hydrogens (tertiary/aromatic N) is 2. The number of alkyl halides is 3. The molecule has 0 aliphatic carbocycles. The maximum absolute atomic E-state index is 13.4. The molecule has 1 aromatic heterocycles. The summed E-state index contributed by atoms with van der Waals surface area (Å²) >= 11 is 6.28. The molecule has 0 radical (unpaired) electrons. The molecular weight excluding hydrogens is 486 g/mol. The Morgan fingerprint density at radius 2 is 1.63 bits per heavy atom. The summed E-state index contributed by atoms with van der Waals surface area (Å²) in [6.45, 7) is 0.891. The third kappa shape index (κ3) is 5.35. The SMILES string of the molecule is Cn1cc(C(=O)N2CCC(c3ccc(F)cc3)CC2)c(Nc2ccc(C(F)(F)F)cc2)c(Cl)c1=O. The molecule has 3 aromatic rings. The number of nitrogens with one attached hydrogen (secondary N) is 1. The van der Waals surface area contributed by atoms with E-state index in [0.29, 0.717) is 25.9 Å². The molecule has 2 aromatic carbocycles. The summed E-state index contributed by atoms with van der Waals surface area (Å²) in [5, 5.41) is 2.62. The Kier molecular flexibility index (Phi) is 6.89. The van der Waals surface area contributed by atoms with Gasteiger partial charge in [0.05, 0.1) is 16.8 Å². The lowest BCUT2D eigenvalue weighted by molar-refractivity contribution is -0.137. The van der Waals surface area contributed by atoms with E-state index in [1.54, 1.807) is 17.0 Å². The van der Waals surface area contributed by atoms with Crippen molar-refractivity contribution in [3.8, 4) is 0 Å². The summed E-state index contributed by atoms with van der Waals surface area (Å²) in [6, 6.07) is 10.5. The molecule has 10 heteroatoms. The van der Waals surface area contributed by atoms with E-state index < -0.39 is 17.3 Å². The second kappa shape index (κ2) is 9.73. The van der Waals surface area contributed by atoms with Crippen molar-refractivity contribution in [2.45, 2.75) is 24.9 Å². The monoisotopic (exact) mass is 507 g/mol. The number of anilines is 2. The van der Waals surface area contributed by atoms with Crippen LogP contribution in [0, 0.1) is 5.82 Å². The molecule has 5 nitrogen and oxygen atoms in total. The van der Waals surface area contributed by atoms with Crippen LogP contribution in [0.15, 0.2) is 59.5 Å². The number of rotatable bonds is 4. The van der Waals surface area contributed by atoms with Gasteiger partial charge >= 0.3 is 6.18 Å². The van der Waals surface area contributed by atoms with Gasteiger partial charge in [-0.15, -0.1) is 0 Å². The molecular formula is C25H22ClF4N3O2. The van der Waals surface area contributed by atoms with Crippen LogP contribution in [0.3, 0.4) is 0 Å². The standard InChI is InChI=1S/C25H22ClF4N3O2/c1-32-14-20(23(34)33-12-10-16(11-13-33)15-2-6-18(27)7-3-15)22(21(26)24(32)35)31-19-8-4-17(5-9-19)25(28,29)30/h2-9,14,16,31H,10-13H2,1H3. The molecule has 0 atom stereocenters. The van der Waals surface area contributed by atoms with Gasteiger partial charge in [0.1, 0.15) is 10.8 Å². The maximum Gasteiger partial charge on any atom is 0.416 e. The average molecular weight is 508 g/mol. The number of halogens is 5. The number of amides is 1. The Balaban J connectivity index is 1.57. The Morgan fingerprint density at radius 1 is 1.03 bits per heavy atom. The maximum atomic E-state index is 13.4. The first kappa shape index (κ1) is 24.8. The fraction of sp³-hybridized carbons (Fsp3) is 0.280. The van der Waals surface area contributed by atoms with Crippen molar-refractivity contribution >= 4 is 28.9 Å². The smallest absolute Gasteiger partial charge is 0.353 e. The molecule has 0 unspecified atom stereocenters. The van der Waals surface area contributed by atoms with E-state index in [0.717, 1.165) is 17.7 Å². The van der Waals surface area contributed by atoms with Crippen molar-refractivity contribution in [3.63, 3.8) is 0 Å². The van der Waals surface area contributed by atoms with Crippen molar-refractivity contribution in [1.82, 2.24) is 9.47 Å². The van der Waals surface area contributed by atoms with E-state index >= 15 is 0 Å². The predicted molar refractivity (Wildman–Crippen MR) is 126 cm³/mol. The normalized spacial score (nSPS) is 14.7. The van der Waals surface area contributed by atoms with Gasteiger partial charge in [-0.3, -0.25) is 9.59 Å². The number of aromatic nitrogens is 1. The highest BCUT2D eigenvalue weighted by Crippen LogP contribution is 2.33. The molecule has 184 valence electrons. The number of piperidine rings is 1. The van der Waals surface area contributed by atoms with Crippen molar-refractivity contribution in [2.24, 2.45) is 7.05 Å². The lowest BCUT2D eigenvalue weighted by atomic mass is 9.89. The second-order valence-corrected chi connectivity index (χ2v) is 8.84. The zero-order chi connectivity index (χ0) is 25.3. The highest BCUT2D eigenvalue weighted by Gasteiger charge is 2.31. The summed E-state index contributed by atoms with van der Waals surface area (Å²) in [5.74, 6) is -0.469. The van der Waals surface area contributed by atoms with Crippen molar-refractivity contribution in [3.05, 3.63) is 92.6 Å². The van der Waals surface area contributed by atoms with Crippen LogP contribution < -0.4 is 10.9 Å². The molecule has 1 fully saturated rings. The summed E-state index contributed by atoms with van der Waals surface area (Å²) < 4.78 is 53.1. The Hall–Kier alpha value is -3.33. The summed E-state index contributed by atoms with van der Waals surface area (Å²) in [4.78, 5) is 27.5. The van der Waals surface area contributed by atoms with Gasteiger partial charge in [0, 0.05) is 32.0 Å². The van der Waals surface area contributed by atoms with Crippen molar-refractivity contribution in [1.29, 1.82) is 0 Å². The largest absolute Gasteiger partial charge is 0.416 e. The van der Waals surface area contributed by atoms with Gasteiger partial charge in [0.2, 0.25) is 0 Å². The number of aryl methyl sites for hydroxylation is 1. The van der Waals surface area contributed by atoms with Crippen LogP contribution in [0.2, 0.25) is 5.02 Å². The number of hydrogen-bond acceptors (Lipinski definition) is 3. The van der Waals surface area contributed by atoms with Crippen LogP contribution in [-0.4, -0.2) is 28.5 Å². The minimum Gasteiger partial charge on any atom is -0.353 e. The second-order valence-electron chi connectivity index (χ2n) is 8.47. The lowest BCUT2D eigenvalue weighted by Crippen LogP contribution is -2.39. The molecule has 1 amide bonds. The first-order valence-electron chi connectivity index (χ1n) is 10.9. The zero-order valence-corrected chi connectivity index (χ0v) is 19.5. The molecule has 4 rings (SSSR count). The van der Waals surface area contributed by atoms with E-state index in [1.165, 1.54) is 42.1 Å². The minimum atomic E-state index is -4.49. The molecule has 1 N–H and O–H groups in total. The predicted octanol–water partition coefficient (Wildman–Crippen LogP) is 5.96. The molecule has 0 saturated carbocycles.